The van der Waals surface area contributed by atoms with E-state index in [1.54, 1.807) is 12.1 Å². The molecule has 2 aromatic rings. The van der Waals surface area contributed by atoms with Crippen molar-refractivity contribution < 1.29 is 4.84 Å². The predicted molar refractivity (Wildman–Crippen MR) is 80.2 cm³/mol. The van der Waals surface area contributed by atoms with Crippen LogP contribution in [0.25, 0.3) is 0 Å². The molecule has 2 nitrogen and oxygen atoms in total. The summed E-state index contributed by atoms with van der Waals surface area (Å²) in [6.45, 7) is 0. The topological polar surface area (TPSA) is 21.6 Å². The third-order valence-corrected chi connectivity index (χ3v) is 3.21. The van der Waals surface area contributed by atoms with Gasteiger partial charge < -0.3 is 4.84 Å². The van der Waals surface area contributed by atoms with Crippen molar-refractivity contribution in [1.82, 2.24) is 0 Å². The molecule has 19 heavy (non-hydrogen) atoms. The summed E-state index contributed by atoms with van der Waals surface area (Å²) in [5, 5.41) is 5.24. The molecule has 2 rings (SSSR count). The van der Waals surface area contributed by atoms with Crippen LogP contribution < -0.4 is 0 Å². The van der Waals surface area contributed by atoms with Gasteiger partial charge in [0.2, 0.25) is 0 Å². The van der Waals surface area contributed by atoms with Gasteiger partial charge in [0.05, 0.1) is 10.7 Å². The average Bonchev–Trinajstić information content (AvgIpc) is 2.39. The van der Waals surface area contributed by atoms with E-state index in [2.05, 4.69) is 5.16 Å². The zero-order valence-corrected chi connectivity index (χ0v) is 11.9. The highest BCUT2D eigenvalue weighted by Crippen LogP contribution is 2.23. The minimum Gasteiger partial charge on any atom is -0.399 e. The Kier molecular flexibility index (Phi) is 4.83. The number of rotatable bonds is 4. The third kappa shape index (κ3) is 3.72. The largest absolute Gasteiger partial charge is 0.399 e. The van der Waals surface area contributed by atoms with Crippen LogP contribution in [-0.2, 0) is 11.3 Å². The van der Waals surface area contributed by atoms with Crippen LogP contribution in [0.4, 0.5) is 0 Å². The number of benzene rings is 2. The minimum atomic E-state index is 0.569. The smallest absolute Gasteiger partial charge is 0.106 e. The summed E-state index contributed by atoms with van der Waals surface area (Å²) in [6, 6.07) is 15.4. The SMILES string of the molecule is CO/N=C(\Cc1ccccc1)c1ccc(Cl)cc1Cl. The second-order valence-corrected chi connectivity index (χ2v) is 4.85. The number of nitrogens with zero attached hydrogens (tertiary/aromatic N) is 1. The van der Waals surface area contributed by atoms with Gasteiger partial charge in [0.25, 0.3) is 0 Å². The Morgan fingerprint density at radius 2 is 1.84 bits per heavy atom. The molecule has 0 bridgehead atoms. The summed E-state index contributed by atoms with van der Waals surface area (Å²) in [6.07, 6.45) is 0.649. The molecule has 0 heterocycles. The number of hydrogen-bond acceptors (Lipinski definition) is 2. The molecule has 0 aromatic heterocycles. The molecule has 0 saturated heterocycles. The molecule has 0 unspecified atom stereocenters. The summed E-state index contributed by atoms with van der Waals surface area (Å²) in [7, 11) is 1.52. The summed E-state index contributed by atoms with van der Waals surface area (Å²) >= 11 is 12.1. The first-order valence-electron chi connectivity index (χ1n) is 5.80. The Morgan fingerprint density at radius 3 is 2.47 bits per heavy atom. The van der Waals surface area contributed by atoms with E-state index in [1.165, 1.54) is 7.11 Å². The number of hydrogen-bond donors (Lipinski definition) is 0. The van der Waals surface area contributed by atoms with Gasteiger partial charge in [-0.15, -0.1) is 0 Å². The van der Waals surface area contributed by atoms with Crippen LogP contribution in [0.15, 0.2) is 53.7 Å². The Morgan fingerprint density at radius 1 is 1.11 bits per heavy atom. The first kappa shape index (κ1) is 13.9. The molecular formula is C15H13Cl2NO. The van der Waals surface area contributed by atoms with E-state index in [0.717, 1.165) is 16.8 Å². The molecule has 0 saturated carbocycles. The summed E-state index contributed by atoms with van der Waals surface area (Å²) in [5.74, 6) is 0. The van der Waals surface area contributed by atoms with Crippen molar-refractivity contribution in [2.24, 2.45) is 5.16 Å². The molecule has 0 N–H and O–H groups in total. The highest BCUT2D eigenvalue weighted by molar-refractivity contribution is 6.37. The molecule has 0 spiro atoms. The fourth-order valence-corrected chi connectivity index (χ4v) is 2.32. The molecule has 98 valence electrons. The van der Waals surface area contributed by atoms with Gasteiger partial charge in [-0.3, -0.25) is 0 Å². The average molecular weight is 294 g/mol. The monoisotopic (exact) mass is 293 g/mol. The maximum Gasteiger partial charge on any atom is 0.106 e. The predicted octanol–water partition coefficient (Wildman–Crippen LogP) is 4.59. The lowest BCUT2D eigenvalue weighted by atomic mass is 10.0. The Balaban J connectivity index is 2.33. The van der Waals surface area contributed by atoms with Crippen LogP contribution >= 0.6 is 23.2 Å². The lowest BCUT2D eigenvalue weighted by Gasteiger charge is -2.08. The van der Waals surface area contributed by atoms with E-state index >= 15 is 0 Å². The Hall–Kier alpha value is -1.51. The second-order valence-electron chi connectivity index (χ2n) is 4.01. The highest BCUT2D eigenvalue weighted by Gasteiger charge is 2.10. The van der Waals surface area contributed by atoms with Crippen LogP contribution in [0.5, 0.6) is 0 Å². The number of halogens is 2. The van der Waals surface area contributed by atoms with E-state index in [1.807, 2.05) is 36.4 Å². The van der Waals surface area contributed by atoms with Gasteiger partial charge in [-0.25, -0.2) is 0 Å². The molecule has 0 aliphatic carbocycles. The van der Waals surface area contributed by atoms with Crippen molar-refractivity contribution in [3.8, 4) is 0 Å². The van der Waals surface area contributed by atoms with Gasteiger partial charge in [-0.1, -0.05) is 64.8 Å². The van der Waals surface area contributed by atoms with E-state index < -0.39 is 0 Å². The Bertz CT molecular complexity index is 582. The van der Waals surface area contributed by atoms with Crippen molar-refractivity contribution in [3.05, 3.63) is 69.7 Å². The maximum atomic E-state index is 6.21. The van der Waals surface area contributed by atoms with Crippen molar-refractivity contribution in [2.45, 2.75) is 6.42 Å². The van der Waals surface area contributed by atoms with Gasteiger partial charge in [-0.05, 0) is 17.7 Å². The van der Waals surface area contributed by atoms with Gasteiger partial charge in [0.1, 0.15) is 7.11 Å². The quantitative estimate of drug-likeness (QED) is 0.597. The summed E-state index contributed by atoms with van der Waals surface area (Å²) in [5.41, 5.74) is 2.75. The van der Waals surface area contributed by atoms with Gasteiger partial charge in [0, 0.05) is 17.0 Å². The summed E-state index contributed by atoms with van der Waals surface area (Å²) < 4.78 is 0. The fourth-order valence-electron chi connectivity index (χ4n) is 1.80. The van der Waals surface area contributed by atoms with Crippen LogP contribution in [0.3, 0.4) is 0 Å². The highest BCUT2D eigenvalue weighted by atomic mass is 35.5. The Labute approximate surface area is 122 Å². The molecular weight excluding hydrogens is 281 g/mol. The van der Waals surface area contributed by atoms with E-state index in [9.17, 15) is 0 Å². The third-order valence-electron chi connectivity index (χ3n) is 2.66. The molecule has 2 aromatic carbocycles. The van der Waals surface area contributed by atoms with Gasteiger partial charge in [0.15, 0.2) is 0 Å². The second kappa shape index (κ2) is 6.60. The van der Waals surface area contributed by atoms with Crippen molar-refractivity contribution in [1.29, 1.82) is 0 Å². The van der Waals surface area contributed by atoms with E-state index in [0.29, 0.717) is 16.5 Å². The first-order chi connectivity index (χ1) is 9.20. The van der Waals surface area contributed by atoms with Crippen LogP contribution in [0.1, 0.15) is 11.1 Å². The lowest BCUT2D eigenvalue weighted by Crippen LogP contribution is -2.07. The molecule has 4 heteroatoms. The standard InChI is InChI=1S/C15H13Cl2NO/c1-19-18-15(9-11-5-3-2-4-6-11)13-8-7-12(16)10-14(13)17/h2-8,10H,9H2,1H3/b18-15+. The van der Waals surface area contributed by atoms with Gasteiger partial charge in [-0.2, -0.15) is 0 Å². The zero-order valence-electron chi connectivity index (χ0n) is 10.4. The molecule has 0 fully saturated rings. The fraction of sp³-hybridized carbons (Fsp3) is 0.133. The zero-order chi connectivity index (χ0) is 13.7. The maximum absolute atomic E-state index is 6.21. The van der Waals surface area contributed by atoms with Crippen LogP contribution in [0.2, 0.25) is 10.0 Å². The van der Waals surface area contributed by atoms with Crippen molar-refractivity contribution in [3.63, 3.8) is 0 Å². The van der Waals surface area contributed by atoms with Gasteiger partial charge >= 0.3 is 0 Å². The molecule has 0 amide bonds. The first-order valence-corrected chi connectivity index (χ1v) is 6.55. The number of oxime groups is 1. The summed E-state index contributed by atoms with van der Waals surface area (Å²) in [4.78, 5) is 4.91. The molecule has 0 radical (unpaired) electrons. The van der Waals surface area contributed by atoms with Crippen LogP contribution in [0, 0.1) is 0 Å². The van der Waals surface area contributed by atoms with Crippen molar-refractivity contribution in [2.75, 3.05) is 7.11 Å². The van der Waals surface area contributed by atoms with Crippen LogP contribution in [-0.4, -0.2) is 12.8 Å². The normalized spacial score (nSPS) is 11.4. The van der Waals surface area contributed by atoms with Crippen molar-refractivity contribution >= 4 is 28.9 Å². The minimum absolute atomic E-state index is 0.569. The lowest BCUT2D eigenvalue weighted by molar-refractivity contribution is 0.213. The van der Waals surface area contributed by atoms with E-state index in [4.69, 9.17) is 28.0 Å². The molecule has 0 aliphatic rings. The molecule has 0 aliphatic heterocycles. The molecule has 0 atom stereocenters. The van der Waals surface area contributed by atoms with E-state index in [-0.39, 0.29) is 0 Å².